The van der Waals surface area contributed by atoms with Crippen molar-refractivity contribution in [3.63, 3.8) is 0 Å². The minimum atomic E-state index is -0.759. The highest BCUT2D eigenvalue weighted by atomic mass is 16.4. The van der Waals surface area contributed by atoms with Gasteiger partial charge in [-0.25, -0.2) is 4.98 Å². The molecule has 1 unspecified atom stereocenters. The van der Waals surface area contributed by atoms with Crippen molar-refractivity contribution in [2.75, 3.05) is 18.0 Å². The Labute approximate surface area is 104 Å². The summed E-state index contributed by atoms with van der Waals surface area (Å²) in [5.41, 5.74) is 0. The lowest BCUT2D eigenvalue weighted by atomic mass is 10.1. The van der Waals surface area contributed by atoms with Crippen LogP contribution in [0.1, 0.15) is 18.7 Å². The Balaban J connectivity index is 1.73. The number of imidazole rings is 1. The lowest BCUT2D eigenvalue weighted by molar-refractivity contribution is -0.141. The first kappa shape index (κ1) is 11.3. The number of carboxylic acids is 1. The van der Waals surface area contributed by atoms with Gasteiger partial charge in [0.25, 0.3) is 0 Å². The summed E-state index contributed by atoms with van der Waals surface area (Å²) in [5.74, 6) is 0.926. The second-order valence-electron chi connectivity index (χ2n) is 4.93. The van der Waals surface area contributed by atoms with Gasteiger partial charge in [0.2, 0.25) is 0 Å². The molecule has 1 fully saturated rings. The molecule has 1 N–H and O–H groups in total. The van der Waals surface area contributed by atoms with E-state index in [0.717, 1.165) is 24.7 Å². The van der Waals surface area contributed by atoms with Gasteiger partial charge in [-0.15, -0.1) is 0 Å². The van der Waals surface area contributed by atoms with E-state index in [2.05, 4.69) is 9.88 Å². The first-order valence-electron chi connectivity index (χ1n) is 6.19. The van der Waals surface area contributed by atoms with Crippen molar-refractivity contribution in [2.24, 2.45) is 5.92 Å². The van der Waals surface area contributed by atoms with Gasteiger partial charge in [-0.2, -0.15) is 0 Å². The Kier molecular flexibility index (Phi) is 2.57. The Morgan fingerprint density at radius 3 is 2.72 bits per heavy atom. The number of nitrogens with zero attached hydrogens (tertiary/aromatic N) is 3. The van der Waals surface area contributed by atoms with Crippen LogP contribution in [-0.2, 0) is 22.6 Å². The van der Waals surface area contributed by atoms with Crippen LogP contribution in [-0.4, -0.2) is 39.5 Å². The van der Waals surface area contributed by atoms with Gasteiger partial charge in [0.1, 0.15) is 17.4 Å². The zero-order valence-corrected chi connectivity index (χ0v) is 10.0. The maximum Gasteiger partial charge on any atom is 0.308 e. The van der Waals surface area contributed by atoms with E-state index in [4.69, 9.17) is 5.11 Å². The van der Waals surface area contributed by atoms with Crippen LogP contribution >= 0.6 is 0 Å². The fourth-order valence-corrected chi connectivity index (χ4v) is 2.59. The number of hydrogen-bond acceptors (Lipinski definition) is 4. The quantitative estimate of drug-likeness (QED) is 0.816. The van der Waals surface area contributed by atoms with Crippen LogP contribution < -0.4 is 4.90 Å². The van der Waals surface area contributed by atoms with Crippen molar-refractivity contribution in [3.8, 4) is 0 Å². The maximum absolute atomic E-state index is 11.2. The summed E-state index contributed by atoms with van der Waals surface area (Å²) in [7, 11) is 0. The number of carboxylic acid groups (broad SMARTS) is 1. The molecule has 2 aliphatic heterocycles. The number of rotatable bonds is 2. The largest absolute Gasteiger partial charge is 0.481 e. The molecule has 1 saturated heterocycles. The molecule has 6 nitrogen and oxygen atoms in total. The van der Waals surface area contributed by atoms with Crippen LogP contribution in [0.15, 0.2) is 6.20 Å². The number of anilines is 1. The fourth-order valence-electron chi connectivity index (χ4n) is 2.59. The van der Waals surface area contributed by atoms with Gasteiger partial charge in [0, 0.05) is 45.1 Å². The molecule has 3 heterocycles. The van der Waals surface area contributed by atoms with Gasteiger partial charge in [0.15, 0.2) is 0 Å². The molecule has 0 saturated carbocycles. The molecule has 0 aliphatic carbocycles. The minimum Gasteiger partial charge on any atom is -0.481 e. The van der Waals surface area contributed by atoms with Crippen molar-refractivity contribution in [2.45, 2.75) is 25.8 Å². The number of aromatic nitrogens is 2. The Bertz CT molecular complexity index is 475. The highest BCUT2D eigenvalue weighted by Gasteiger charge is 2.30. The number of fused-ring (bicyclic) bond motifs is 1. The highest BCUT2D eigenvalue weighted by Crippen LogP contribution is 2.25. The molecular weight excluding hydrogens is 234 g/mol. The molecule has 0 amide bonds. The van der Waals surface area contributed by atoms with E-state index in [1.807, 2.05) is 10.8 Å². The SMILES string of the molecule is O=C1CCN(c2cn3c(n2)CC(C(=O)O)C3)CC1. The third-order valence-corrected chi connectivity index (χ3v) is 3.69. The first-order valence-corrected chi connectivity index (χ1v) is 6.19. The van der Waals surface area contributed by atoms with E-state index in [1.54, 1.807) is 0 Å². The molecular formula is C12H15N3O3. The van der Waals surface area contributed by atoms with Crippen LogP contribution in [0.4, 0.5) is 5.82 Å². The van der Waals surface area contributed by atoms with Crippen molar-refractivity contribution >= 4 is 17.6 Å². The molecule has 1 aromatic rings. The zero-order chi connectivity index (χ0) is 12.7. The smallest absolute Gasteiger partial charge is 0.308 e. The van der Waals surface area contributed by atoms with Crippen LogP contribution in [0.3, 0.4) is 0 Å². The molecule has 18 heavy (non-hydrogen) atoms. The van der Waals surface area contributed by atoms with Crippen molar-refractivity contribution in [3.05, 3.63) is 12.0 Å². The number of aliphatic carboxylic acids is 1. The number of hydrogen-bond donors (Lipinski definition) is 1. The van der Waals surface area contributed by atoms with Gasteiger partial charge in [0.05, 0.1) is 5.92 Å². The van der Waals surface area contributed by atoms with Gasteiger partial charge in [-0.3, -0.25) is 9.59 Å². The maximum atomic E-state index is 11.2. The summed E-state index contributed by atoms with van der Waals surface area (Å²) < 4.78 is 1.92. The van der Waals surface area contributed by atoms with Gasteiger partial charge >= 0.3 is 5.97 Å². The molecule has 0 radical (unpaired) electrons. The van der Waals surface area contributed by atoms with E-state index in [9.17, 15) is 9.59 Å². The van der Waals surface area contributed by atoms with Gasteiger partial charge < -0.3 is 14.6 Å². The third kappa shape index (κ3) is 1.87. The minimum absolute atomic E-state index is 0.309. The van der Waals surface area contributed by atoms with E-state index >= 15 is 0 Å². The Hall–Kier alpha value is -1.85. The predicted molar refractivity (Wildman–Crippen MR) is 63.5 cm³/mol. The van der Waals surface area contributed by atoms with Crippen LogP contribution in [0.5, 0.6) is 0 Å². The lowest BCUT2D eigenvalue weighted by Gasteiger charge is -2.25. The number of piperidine rings is 1. The van der Waals surface area contributed by atoms with Crippen LogP contribution in [0.25, 0.3) is 0 Å². The monoisotopic (exact) mass is 249 g/mol. The average Bonchev–Trinajstić information content (AvgIpc) is 2.87. The molecule has 0 aromatic carbocycles. The van der Waals surface area contributed by atoms with E-state index in [-0.39, 0.29) is 5.92 Å². The number of Topliss-reactive ketones (excluding diaryl/α,β-unsaturated/α-hetero) is 1. The van der Waals surface area contributed by atoms with Crippen LogP contribution in [0.2, 0.25) is 0 Å². The number of ketones is 1. The second kappa shape index (κ2) is 4.12. The first-order chi connectivity index (χ1) is 8.63. The molecule has 1 aromatic heterocycles. The molecule has 6 heteroatoms. The van der Waals surface area contributed by atoms with Crippen LogP contribution in [0, 0.1) is 5.92 Å². The zero-order valence-electron chi connectivity index (χ0n) is 10.0. The second-order valence-corrected chi connectivity index (χ2v) is 4.93. The summed E-state index contributed by atoms with van der Waals surface area (Å²) in [6, 6.07) is 0. The lowest BCUT2D eigenvalue weighted by Crippen LogP contribution is -2.34. The summed E-state index contributed by atoms with van der Waals surface area (Å²) in [6.45, 7) is 1.94. The predicted octanol–water partition coefficient (Wildman–Crippen LogP) is 0.309. The van der Waals surface area contributed by atoms with Crippen molar-refractivity contribution < 1.29 is 14.7 Å². The Morgan fingerprint density at radius 1 is 1.39 bits per heavy atom. The third-order valence-electron chi connectivity index (χ3n) is 3.69. The standard InChI is InChI=1S/C12H15N3O3/c16-9-1-3-14(4-2-9)11-7-15-6-8(12(17)18)5-10(15)13-11/h7-8H,1-6H2,(H,17,18). The van der Waals surface area contributed by atoms with E-state index < -0.39 is 5.97 Å². The normalized spacial score (nSPS) is 23.2. The van der Waals surface area contributed by atoms with Crippen molar-refractivity contribution in [1.82, 2.24) is 9.55 Å². The number of carbonyl (C=O) groups is 2. The number of carbonyl (C=O) groups excluding carboxylic acids is 1. The fraction of sp³-hybridized carbons (Fsp3) is 0.583. The van der Waals surface area contributed by atoms with E-state index in [1.165, 1.54) is 0 Å². The molecule has 2 aliphatic rings. The highest BCUT2D eigenvalue weighted by molar-refractivity contribution is 5.80. The summed E-state index contributed by atoms with van der Waals surface area (Å²) in [6.07, 6.45) is 3.58. The molecule has 0 spiro atoms. The Morgan fingerprint density at radius 2 is 2.11 bits per heavy atom. The summed E-state index contributed by atoms with van der Waals surface area (Å²) >= 11 is 0. The topological polar surface area (TPSA) is 75.4 Å². The summed E-state index contributed by atoms with van der Waals surface area (Å²) in [4.78, 5) is 28.7. The van der Waals surface area contributed by atoms with Gasteiger partial charge in [-0.05, 0) is 0 Å². The molecule has 1 atom stereocenters. The molecule has 96 valence electrons. The molecule has 3 rings (SSSR count). The van der Waals surface area contributed by atoms with Gasteiger partial charge in [-0.1, -0.05) is 0 Å². The van der Waals surface area contributed by atoms with Crippen molar-refractivity contribution in [1.29, 1.82) is 0 Å². The average molecular weight is 249 g/mol. The molecule has 0 bridgehead atoms. The summed E-state index contributed by atoms with van der Waals surface area (Å²) in [5, 5.41) is 8.96. The van der Waals surface area contributed by atoms with E-state index in [0.29, 0.717) is 31.6 Å².